The number of hydrogen-bond donors (Lipinski definition) is 0. The van der Waals surface area contributed by atoms with E-state index in [0.717, 1.165) is 4.90 Å². The Labute approximate surface area is 117 Å². The molecular formula is C15H15NO4. The van der Waals surface area contributed by atoms with Crippen LogP contribution in [-0.2, 0) is 14.3 Å². The lowest BCUT2D eigenvalue weighted by Crippen LogP contribution is -2.30. The Kier molecular flexibility index (Phi) is 4.20. The van der Waals surface area contributed by atoms with Gasteiger partial charge in [-0.05, 0) is 19.1 Å². The second-order valence-electron chi connectivity index (χ2n) is 4.19. The standard InChI is InChI=1S/C15H15NO4/c1-3-19-7-8-20-13-6-4-5-12(10-13)16-14(17)9-11(2)15(16)18/h3-6,9-10H,1,7-8H2,2H3. The van der Waals surface area contributed by atoms with Crippen LogP contribution in [0.25, 0.3) is 0 Å². The molecule has 5 heteroatoms. The van der Waals surface area contributed by atoms with Crippen LogP contribution in [0.5, 0.6) is 5.75 Å². The molecule has 0 fully saturated rings. The Bertz CT molecular complexity index is 577. The number of hydrogen-bond acceptors (Lipinski definition) is 4. The molecule has 0 aliphatic carbocycles. The van der Waals surface area contributed by atoms with Gasteiger partial charge in [0, 0.05) is 17.7 Å². The van der Waals surface area contributed by atoms with Gasteiger partial charge < -0.3 is 9.47 Å². The van der Waals surface area contributed by atoms with Gasteiger partial charge in [-0.15, -0.1) is 0 Å². The number of imide groups is 1. The normalized spacial score (nSPS) is 14.2. The van der Waals surface area contributed by atoms with Gasteiger partial charge in [0.1, 0.15) is 19.0 Å². The van der Waals surface area contributed by atoms with Gasteiger partial charge in [0.05, 0.1) is 11.9 Å². The molecule has 0 aromatic heterocycles. The number of carbonyl (C=O) groups is 2. The highest BCUT2D eigenvalue weighted by Crippen LogP contribution is 2.25. The van der Waals surface area contributed by atoms with Crippen molar-refractivity contribution in [3.63, 3.8) is 0 Å². The molecule has 2 rings (SSSR count). The Morgan fingerprint density at radius 3 is 2.75 bits per heavy atom. The van der Waals surface area contributed by atoms with Gasteiger partial charge >= 0.3 is 0 Å². The fourth-order valence-corrected chi connectivity index (χ4v) is 1.84. The molecule has 0 saturated heterocycles. The predicted octanol–water partition coefficient (Wildman–Crippen LogP) is 2.04. The minimum absolute atomic E-state index is 0.304. The summed E-state index contributed by atoms with van der Waals surface area (Å²) >= 11 is 0. The van der Waals surface area contributed by atoms with E-state index in [4.69, 9.17) is 9.47 Å². The monoisotopic (exact) mass is 273 g/mol. The molecule has 20 heavy (non-hydrogen) atoms. The molecule has 1 aliphatic heterocycles. The number of amides is 2. The molecule has 0 spiro atoms. The maximum atomic E-state index is 11.9. The highest BCUT2D eigenvalue weighted by Gasteiger charge is 2.29. The van der Waals surface area contributed by atoms with Gasteiger partial charge in [0.2, 0.25) is 0 Å². The van der Waals surface area contributed by atoms with Crippen molar-refractivity contribution in [2.24, 2.45) is 0 Å². The summed E-state index contributed by atoms with van der Waals surface area (Å²) in [6.07, 6.45) is 2.67. The van der Waals surface area contributed by atoms with E-state index < -0.39 is 0 Å². The van der Waals surface area contributed by atoms with Gasteiger partial charge in [-0.1, -0.05) is 12.6 Å². The number of ether oxygens (including phenoxy) is 2. The second kappa shape index (κ2) is 6.06. The molecule has 0 atom stereocenters. The van der Waals surface area contributed by atoms with E-state index in [2.05, 4.69) is 6.58 Å². The van der Waals surface area contributed by atoms with Crippen molar-refractivity contribution < 1.29 is 19.1 Å². The Morgan fingerprint density at radius 2 is 2.10 bits per heavy atom. The molecule has 1 aromatic rings. The van der Waals surface area contributed by atoms with Gasteiger partial charge in [-0.2, -0.15) is 0 Å². The average molecular weight is 273 g/mol. The van der Waals surface area contributed by atoms with Crippen molar-refractivity contribution in [3.8, 4) is 5.75 Å². The van der Waals surface area contributed by atoms with Gasteiger partial charge in [-0.25, -0.2) is 4.90 Å². The van der Waals surface area contributed by atoms with Gasteiger partial charge in [0.15, 0.2) is 0 Å². The molecule has 1 aromatic carbocycles. The average Bonchev–Trinajstić information content (AvgIpc) is 2.69. The number of carbonyl (C=O) groups excluding carboxylic acids is 2. The number of nitrogens with zero attached hydrogens (tertiary/aromatic N) is 1. The molecule has 104 valence electrons. The van der Waals surface area contributed by atoms with Crippen LogP contribution in [0.2, 0.25) is 0 Å². The molecule has 0 saturated carbocycles. The zero-order valence-corrected chi connectivity index (χ0v) is 11.2. The van der Waals surface area contributed by atoms with E-state index >= 15 is 0 Å². The maximum Gasteiger partial charge on any atom is 0.261 e. The summed E-state index contributed by atoms with van der Waals surface area (Å²) in [5.74, 6) is -0.0675. The molecule has 2 amide bonds. The number of anilines is 1. The fraction of sp³-hybridized carbons (Fsp3) is 0.200. The van der Waals surface area contributed by atoms with Crippen LogP contribution in [0, 0.1) is 0 Å². The van der Waals surface area contributed by atoms with Crippen LogP contribution < -0.4 is 9.64 Å². The van der Waals surface area contributed by atoms with E-state index in [0.29, 0.717) is 30.2 Å². The lowest BCUT2D eigenvalue weighted by atomic mass is 10.2. The van der Waals surface area contributed by atoms with Crippen LogP contribution in [0.15, 0.2) is 48.8 Å². The van der Waals surface area contributed by atoms with E-state index in [1.54, 1.807) is 31.2 Å². The molecule has 1 aliphatic rings. The van der Waals surface area contributed by atoms with E-state index in [1.165, 1.54) is 12.3 Å². The topological polar surface area (TPSA) is 55.8 Å². The van der Waals surface area contributed by atoms with Crippen LogP contribution in [0.1, 0.15) is 6.92 Å². The summed E-state index contributed by atoms with van der Waals surface area (Å²) in [5.41, 5.74) is 0.927. The third-order valence-corrected chi connectivity index (χ3v) is 2.76. The van der Waals surface area contributed by atoms with Gasteiger partial charge in [0.25, 0.3) is 11.8 Å². The quantitative estimate of drug-likeness (QED) is 0.452. The first-order valence-corrected chi connectivity index (χ1v) is 6.15. The third-order valence-electron chi connectivity index (χ3n) is 2.76. The zero-order chi connectivity index (χ0) is 14.5. The fourth-order valence-electron chi connectivity index (χ4n) is 1.84. The molecule has 0 radical (unpaired) electrons. The summed E-state index contributed by atoms with van der Waals surface area (Å²) in [7, 11) is 0. The lowest BCUT2D eigenvalue weighted by molar-refractivity contribution is -0.120. The van der Waals surface area contributed by atoms with Crippen LogP contribution in [0.4, 0.5) is 5.69 Å². The SMILES string of the molecule is C=COCCOc1cccc(N2C(=O)C=C(C)C2=O)c1. The third kappa shape index (κ3) is 2.88. The Balaban J connectivity index is 2.08. The highest BCUT2D eigenvalue weighted by atomic mass is 16.5. The number of rotatable bonds is 6. The van der Waals surface area contributed by atoms with Crippen molar-refractivity contribution in [1.29, 1.82) is 0 Å². The molecule has 0 unspecified atom stereocenters. The highest BCUT2D eigenvalue weighted by molar-refractivity contribution is 6.30. The maximum absolute atomic E-state index is 11.9. The molecule has 0 N–H and O–H groups in total. The number of benzene rings is 1. The van der Waals surface area contributed by atoms with Crippen molar-refractivity contribution in [1.82, 2.24) is 0 Å². The summed E-state index contributed by atoms with van der Waals surface area (Å²) in [5, 5.41) is 0. The summed E-state index contributed by atoms with van der Waals surface area (Å²) in [6.45, 7) is 5.79. The zero-order valence-electron chi connectivity index (χ0n) is 11.2. The van der Waals surface area contributed by atoms with Crippen LogP contribution in [-0.4, -0.2) is 25.0 Å². The van der Waals surface area contributed by atoms with Crippen LogP contribution >= 0.6 is 0 Å². The second-order valence-corrected chi connectivity index (χ2v) is 4.19. The van der Waals surface area contributed by atoms with Crippen molar-refractivity contribution in [3.05, 3.63) is 48.8 Å². The molecular weight excluding hydrogens is 258 g/mol. The van der Waals surface area contributed by atoms with Crippen molar-refractivity contribution in [2.45, 2.75) is 6.92 Å². The molecule has 1 heterocycles. The minimum atomic E-state index is -0.334. The summed E-state index contributed by atoms with van der Waals surface area (Å²) in [4.78, 5) is 24.8. The largest absolute Gasteiger partial charge is 0.498 e. The first-order valence-electron chi connectivity index (χ1n) is 6.15. The van der Waals surface area contributed by atoms with Crippen molar-refractivity contribution in [2.75, 3.05) is 18.1 Å². The molecule has 0 bridgehead atoms. The first kappa shape index (κ1) is 13.9. The Morgan fingerprint density at radius 1 is 1.30 bits per heavy atom. The Hall–Kier alpha value is -2.56. The van der Waals surface area contributed by atoms with E-state index in [9.17, 15) is 9.59 Å². The smallest absolute Gasteiger partial charge is 0.261 e. The van der Waals surface area contributed by atoms with E-state index in [-0.39, 0.29) is 11.8 Å². The predicted molar refractivity (Wildman–Crippen MR) is 74.3 cm³/mol. The van der Waals surface area contributed by atoms with Crippen molar-refractivity contribution >= 4 is 17.5 Å². The lowest BCUT2D eigenvalue weighted by Gasteiger charge is -2.15. The van der Waals surface area contributed by atoms with E-state index in [1.807, 2.05) is 0 Å². The first-order chi connectivity index (χ1) is 9.63. The van der Waals surface area contributed by atoms with Gasteiger partial charge in [-0.3, -0.25) is 9.59 Å². The summed E-state index contributed by atoms with van der Waals surface area (Å²) in [6, 6.07) is 6.82. The minimum Gasteiger partial charge on any atom is -0.498 e. The molecule has 5 nitrogen and oxygen atoms in total. The van der Waals surface area contributed by atoms with Crippen LogP contribution in [0.3, 0.4) is 0 Å². The summed E-state index contributed by atoms with van der Waals surface area (Å²) < 4.78 is 10.4.